The van der Waals surface area contributed by atoms with Crippen LogP contribution in [-0.4, -0.2) is 23.4 Å². The zero-order chi connectivity index (χ0) is 17.5. The maximum absolute atomic E-state index is 11.7. The Morgan fingerprint density at radius 2 is 1.16 bits per heavy atom. The highest BCUT2D eigenvalue weighted by atomic mass is 16.5. The van der Waals surface area contributed by atoms with Crippen LogP contribution in [0.3, 0.4) is 0 Å². The van der Waals surface area contributed by atoms with E-state index >= 15 is 0 Å². The first-order valence-electron chi connectivity index (χ1n) is 8.43. The van der Waals surface area contributed by atoms with Crippen LogP contribution in [0.5, 0.6) is 5.75 Å². The molecule has 0 aromatic heterocycles. The van der Waals surface area contributed by atoms with Crippen LogP contribution >= 0.6 is 0 Å². The molecule has 2 N–H and O–H groups in total. The van der Waals surface area contributed by atoms with Crippen LogP contribution in [0.2, 0.25) is 0 Å². The third-order valence-corrected chi connectivity index (χ3v) is 4.23. The summed E-state index contributed by atoms with van der Waals surface area (Å²) in [7, 11) is 0. The number of hydrogen-bond donors (Lipinski definition) is 2. The normalized spacial score (nSPS) is 11.3. The quantitative estimate of drug-likeness (QED) is 0.511. The number of rotatable bonds is 7. The smallest absolute Gasteiger partial charge is 0.140 e. The van der Waals surface area contributed by atoms with Gasteiger partial charge in [0.25, 0.3) is 0 Å². The van der Waals surface area contributed by atoms with Crippen LogP contribution < -0.4 is 4.74 Å². The molecule has 3 aromatic rings. The molecule has 0 amide bonds. The largest absolute Gasteiger partial charge is 0.494 e. The minimum Gasteiger partial charge on any atom is -0.494 e. The fourth-order valence-corrected chi connectivity index (χ4v) is 2.91. The van der Waals surface area contributed by atoms with Crippen molar-refractivity contribution in [3.05, 3.63) is 102 Å². The molecule has 3 heteroatoms. The van der Waals surface area contributed by atoms with Crippen molar-refractivity contribution >= 4 is 0 Å². The summed E-state index contributed by atoms with van der Waals surface area (Å²) < 4.78 is 5.58. The van der Waals surface area contributed by atoms with Gasteiger partial charge in [0, 0.05) is 13.0 Å². The minimum absolute atomic E-state index is 0.111. The van der Waals surface area contributed by atoms with Crippen LogP contribution in [0.1, 0.15) is 23.1 Å². The molecule has 0 bridgehead atoms. The zero-order valence-corrected chi connectivity index (χ0v) is 14.0. The van der Waals surface area contributed by atoms with E-state index in [9.17, 15) is 5.11 Å². The minimum atomic E-state index is -1.23. The summed E-state index contributed by atoms with van der Waals surface area (Å²) >= 11 is 0. The van der Waals surface area contributed by atoms with Crippen molar-refractivity contribution in [3.8, 4) is 5.75 Å². The van der Waals surface area contributed by atoms with E-state index in [-0.39, 0.29) is 6.61 Å². The molecule has 3 nitrogen and oxygen atoms in total. The Bertz CT molecular complexity index is 728. The highest BCUT2D eigenvalue weighted by molar-refractivity contribution is 5.47. The molecule has 25 heavy (non-hydrogen) atoms. The van der Waals surface area contributed by atoms with Crippen molar-refractivity contribution in [2.24, 2.45) is 0 Å². The molecule has 0 heterocycles. The van der Waals surface area contributed by atoms with Crippen LogP contribution in [-0.2, 0) is 5.60 Å². The van der Waals surface area contributed by atoms with Gasteiger partial charge in [-0.25, -0.2) is 0 Å². The lowest BCUT2D eigenvalue weighted by Gasteiger charge is -2.30. The average Bonchev–Trinajstić information content (AvgIpc) is 2.69. The van der Waals surface area contributed by atoms with Crippen LogP contribution in [0.4, 0.5) is 0 Å². The second kappa shape index (κ2) is 7.97. The van der Waals surface area contributed by atoms with Gasteiger partial charge in [-0.15, -0.1) is 0 Å². The fraction of sp³-hybridized carbons (Fsp3) is 0.182. The molecule has 128 valence electrons. The molecule has 0 saturated heterocycles. The standard InChI is InChI=1S/C22H22O3/c23-16-7-17-25-21-14-12-20(13-15-21)22(24,18-8-3-1-4-9-18)19-10-5-2-6-11-19/h1-6,8-15,23-24H,7,16-17H2. The Morgan fingerprint density at radius 3 is 1.64 bits per heavy atom. The van der Waals surface area contributed by atoms with Crippen LogP contribution in [0.15, 0.2) is 84.9 Å². The van der Waals surface area contributed by atoms with Crippen molar-refractivity contribution in [3.63, 3.8) is 0 Å². The van der Waals surface area contributed by atoms with E-state index < -0.39 is 5.60 Å². The van der Waals surface area contributed by atoms with Crippen LogP contribution in [0, 0.1) is 0 Å². The molecule has 0 atom stereocenters. The van der Waals surface area contributed by atoms with Crippen molar-refractivity contribution in [1.29, 1.82) is 0 Å². The van der Waals surface area contributed by atoms with Gasteiger partial charge in [0.1, 0.15) is 11.4 Å². The van der Waals surface area contributed by atoms with E-state index in [1.807, 2.05) is 84.9 Å². The lowest BCUT2D eigenvalue weighted by Crippen LogP contribution is -2.28. The molecule has 3 aromatic carbocycles. The molecule has 0 radical (unpaired) electrons. The summed E-state index contributed by atoms with van der Waals surface area (Å²) in [6.07, 6.45) is 0.597. The third kappa shape index (κ3) is 3.73. The number of aliphatic hydroxyl groups excluding tert-OH is 1. The van der Waals surface area contributed by atoms with Gasteiger partial charge in [0.2, 0.25) is 0 Å². The summed E-state index contributed by atoms with van der Waals surface area (Å²) in [6.45, 7) is 0.581. The van der Waals surface area contributed by atoms with Gasteiger partial charge in [-0.2, -0.15) is 0 Å². The first-order valence-corrected chi connectivity index (χ1v) is 8.43. The van der Waals surface area contributed by atoms with E-state index in [0.717, 1.165) is 22.4 Å². The molecular weight excluding hydrogens is 312 g/mol. The number of hydrogen-bond acceptors (Lipinski definition) is 3. The summed E-state index contributed by atoms with van der Waals surface area (Å²) in [5, 5.41) is 20.5. The second-order valence-electron chi connectivity index (χ2n) is 5.89. The Balaban J connectivity index is 1.98. The summed E-state index contributed by atoms with van der Waals surface area (Å²) in [4.78, 5) is 0. The van der Waals surface area contributed by atoms with Crippen molar-refractivity contribution in [2.75, 3.05) is 13.2 Å². The highest BCUT2D eigenvalue weighted by Crippen LogP contribution is 2.37. The van der Waals surface area contributed by atoms with Gasteiger partial charge in [-0.05, 0) is 28.8 Å². The number of ether oxygens (including phenoxy) is 1. The molecule has 0 saturated carbocycles. The van der Waals surface area contributed by atoms with Gasteiger partial charge < -0.3 is 14.9 Å². The Hall–Kier alpha value is -2.62. The first kappa shape index (κ1) is 17.2. The number of aliphatic hydroxyl groups is 2. The van der Waals surface area contributed by atoms with Crippen molar-refractivity contribution < 1.29 is 14.9 Å². The van der Waals surface area contributed by atoms with Gasteiger partial charge in [0.05, 0.1) is 6.61 Å². The van der Waals surface area contributed by atoms with E-state index in [4.69, 9.17) is 9.84 Å². The van der Waals surface area contributed by atoms with E-state index in [1.54, 1.807) is 0 Å². The first-order chi connectivity index (χ1) is 12.2. The van der Waals surface area contributed by atoms with Gasteiger partial charge in [0.15, 0.2) is 0 Å². The summed E-state index contributed by atoms with van der Waals surface area (Å²) in [5.41, 5.74) is 1.18. The predicted octanol–water partition coefficient (Wildman–Crippen LogP) is 3.73. The maximum Gasteiger partial charge on any atom is 0.140 e. The summed E-state index contributed by atoms with van der Waals surface area (Å²) in [5.74, 6) is 0.723. The maximum atomic E-state index is 11.7. The predicted molar refractivity (Wildman–Crippen MR) is 98.6 cm³/mol. The number of benzene rings is 3. The zero-order valence-electron chi connectivity index (χ0n) is 14.0. The Labute approximate surface area is 148 Å². The van der Waals surface area contributed by atoms with E-state index in [0.29, 0.717) is 13.0 Å². The second-order valence-corrected chi connectivity index (χ2v) is 5.89. The van der Waals surface area contributed by atoms with Crippen LogP contribution in [0.25, 0.3) is 0 Å². The van der Waals surface area contributed by atoms with Gasteiger partial charge in [-0.3, -0.25) is 0 Å². The Morgan fingerprint density at radius 1 is 0.680 bits per heavy atom. The topological polar surface area (TPSA) is 49.7 Å². The van der Waals surface area contributed by atoms with E-state index in [1.165, 1.54) is 0 Å². The van der Waals surface area contributed by atoms with Gasteiger partial charge in [-0.1, -0.05) is 72.8 Å². The Kier molecular flexibility index (Phi) is 5.49. The van der Waals surface area contributed by atoms with E-state index in [2.05, 4.69) is 0 Å². The molecule has 0 unspecified atom stereocenters. The lowest BCUT2D eigenvalue weighted by molar-refractivity contribution is 0.125. The summed E-state index contributed by atoms with van der Waals surface area (Å²) in [6, 6.07) is 26.8. The average molecular weight is 334 g/mol. The molecule has 0 aliphatic rings. The molecule has 0 spiro atoms. The van der Waals surface area contributed by atoms with Crippen molar-refractivity contribution in [1.82, 2.24) is 0 Å². The van der Waals surface area contributed by atoms with Gasteiger partial charge >= 0.3 is 0 Å². The monoisotopic (exact) mass is 334 g/mol. The van der Waals surface area contributed by atoms with Crippen molar-refractivity contribution in [2.45, 2.75) is 12.0 Å². The lowest BCUT2D eigenvalue weighted by atomic mass is 9.80. The molecule has 0 fully saturated rings. The third-order valence-electron chi connectivity index (χ3n) is 4.23. The highest BCUT2D eigenvalue weighted by Gasteiger charge is 2.33. The SMILES string of the molecule is OCCCOc1ccc(C(O)(c2ccccc2)c2ccccc2)cc1. The molecule has 0 aliphatic heterocycles. The molecule has 3 rings (SSSR count). The molecule has 0 aliphatic carbocycles. The fourth-order valence-electron chi connectivity index (χ4n) is 2.91. The molecular formula is C22H22O3.